The van der Waals surface area contributed by atoms with E-state index in [9.17, 15) is 5.11 Å². The average Bonchev–Trinajstić information content (AvgIpc) is 2.78. The minimum absolute atomic E-state index is 0.113. The largest absolute Gasteiger partial charge is 0.489 e. The van der Waals surface area contributed by atoms with Crippen molar-refractivity contribution in [1.82, 2.24) is 0 Å². The Labute approximate surface area is 199 Å². The summed E-state index contributed by atoms with van der Waals surface area (Å²) in [6.45, 7) is 9.47. The monoisotopic (exact) mass is 464 g/mol. The molecule has 0 aliphatic heterocycles. The van der Waals surface area contributed by atoms with E-state index in [0.29, 0.717) is 19.3 Å². The van der Waals surface area contributed by atoms with Crippen LogP contribution in [-0.4, -0.2) is 26.1 Å². The van der Waals surface area contributed by atoms with E-state index < -0.39 is 13.9 Å². The molecule has 0 spiro atoms. The molecule has 0 radical (unpaired) electrons. The van der Waals surface area contributed by atoms with Crippen LogP contribution in [-0.2, 0) is 28.0 Å². The molecule has 1 atom stereocenters. The van der Waals surface area contributed by atoms with E-state index in [0.717, 1.165) is 22.4 Å². The van der Waals surface area contributed by atoms with Crippen molar-refractivity contribution in [2.24, 2.45) is 0 Å². The van der Waals surface area contributed by atoms with Crippen molar-refractivity contribution in [3.05, 3.63) is 102 Å². The first-order valence-electron chi connectivity index (χ1n) is 11.5. The lowest BCUT2D eigenvalue weighted by Crippen LogP contribution is -2.44. The number of aliphatic hydroxyl groups is 1. The Balaban J connectivity index is 1.78. The third kappa shape index (κ3) is 8.13. The molecule has 0 saturated heterocycles. The van der Waals surface area contributed by atoms with Gasteiger partial charge in [-0.15, -0.1) is 0 Å². The summed E-state index contributed by atoms with van der Waals surface area (Å²) in [6, 6.07) is 28.3. The molecule has 176 valence electrons. The maximum absolute atomic E-state index is 11.9. The fraction of sp³-hybridized carbons (Fsp3) is 0.357. The summed E-state index contributed by atoms with van der Waals surface area (Å²) >= 11 is 0. The summed E-state index contributed by atoms with van der Waals surface area (Å²) in [6.07, 6.45) is 0.113. The van der Waals surface area contributed by atoms with Crippen LogP contribution in [0.1, 0.15) is 30.5 Å². The molecule has 1 N–H and O–H groups in total. The van der Waals surface area contributed by atoms with Gasteiger partial charge in [0.2, 0.25) is 0 Å². The predicted molar refractivity (Wildman–Crippen MR) is 136 cm³/mol. The van der Waals surface area contributed by atoms with Gasteiger partial charge in [0.25, 0.3) is 0 Å². The van der Waals surface area contributed by atoms with Crippen LogP contribution in [0, 0.1) is 0 Å². The van der Waals surface area contributed by atoms with E-state index in [-0.39, 0.29) is 12.7 Å². The second-order valence-electron chi connectivity index (χ2n) is 9.42. The van der Waals surface area contributed by atoms with Crippen LogP contribution in [0.15, 0.2) is 84.9 Å². The van der Waals surface area contributed by atoms with Crippen molar-refractivity contribution in [2.75, 3.05) is 6.61 Å². The summed E-state index contributed by atoms with van der Waals surface area (Å²) < 4.78 is 18.3. The van der Waals surface area contributed by atoms with E-state index in [1.54, 1.807) is 0 Å². The maximum atomic E-state index is 11.9. The van der Waals surface area contributed by atoms with Crippen molar-refractivity contribution in [1.29, 1.82) is 0 Å². The topological polar surface area (TPSA) is 47.9 Å². The molecule has 1 unspecified atom stereocenters. The summed E-state index contributed by atoms with van der Waals surface area (Å²) in [5, 5.41) is 11.9. The lowest BCUT2D eigenvalue weighted by Gasteiger charge is -2.36. The van der Waals surface area contributed by atoms with Gasteiger partial charge in [0.1, 0.15) is 18.0 Å². The fourth-order valence-electron chi connectivity index (χ4n) is 4.15. The first-order chi connectivity index (χ1) is 15.8. The molecule has 0 bridgehead atoms. The molecular weight excluding hydrogens is 428 g/mol. The smallest absolute Gasteiger partial charge is 0.190 e. The normalized spacial score (nSPS) is 13.6. The quantitative estimate of drug-likeness (QED) is 0.320. The first kappa shape index (κ1) is 25.2. The second-order valence-corrected chi connectivity index (χ2v) is 13.5. The summed E-state index contributed by atoms with van der Waals surface area (Å²) in [5.74, 6) is 0.724. The van der Waals surface area contributed by atoms with Crippen molar-refractivity contribution < 1.29 is 19.0 Å². The molecule has 3 aromatic carbocycles. The van der Waals surface area contributed by atoms with Gasteiger partial charge in [0, 0.05) is 12.1 Å². The van der Waals surface area contributed by atoms with Crippen molar-refractivity contribution >= 4 is 8.32 Å². The molecule has 3 aromatic rings. The van der Waals surface area contributed by atoms with Gasteiger partial charge in [-0.05, 0) is 55.8 Å². The van der Waals surface area contributed by atoms with E-state index in [2.05, 4.69) is 13.1 Å². The number of benzene rings is 3. The number of ether oxygens (including phenoxy) is 2. The minimum Gasteiger partial charge on any atom is -0.489 e. The second kappa shape index (κ2) is 11.6. The van der Waals surface area contributed by atoms with Gasteiger partial charge in [-0.3, -0.25) is 0 Å². The van der Waals surface area contributed by atoms with E-state index in [1.807, 2.05) is 98.8 Å². The van der Waals surface area contributed by atoms with Crippen LogP contribution in [0.5, 0.6) is 5.75 Å². The highest BCUT2D eigenvalue weighted by atomic mass is 28.4. The maximum Gasteiger partial charge on any atom is 0.190 e. The molecule has 4 nitrogen and oxygen atoms in total. The molecule has 0 aliphatic rings. The lowest BCUT2D eigenvalue weighted by atomic mass is 9.96. The molecule has 33 heavy (non-hydrogen) atoms. The summed E-state index contributed by atoms with van der Waals surface area (Å²) in [4.78, 5) is 0. The van der Waals surface area contributed by atoms with Crippen molar-refractivity contribution in [2.45, 2.75) is 57.9 Å². The molecular formula is C28H36O4Si. The minimum atomic E-state index is -2.17. The third-order valence-electron chi connectivity index (χ3n) is 5.35. The highest BCUT2D eigenvalue weighted by molar-refractivity contribution is 6.71. The summed E-state index contributed by atoms with van der Waals surface area (Å²) in [5.41, 5.74) is 1.79. The molecule has 3 rings (SSSR count). The van der Waals surface area contributed by atoms with Gasteiger partial charge in [-0.2, -0.15) is 0 Å². The Hall–Kier alpha value is -2.44. The standard InChI is InChI=1S/C28H36O4Si/c1-23(2)32-33(3,4)22-28(29,21-30-19-24-12-7-5-8-13-24)26-16-11-17-27(18-26)31-20-25-14-9-6-10-15-25/h5-18,23,29H,19-22H2,1-4H3. The van der Waals surface area contributed by atoms with Gasteiger partial charge in [0.05, 0.1) is 13.2 Å². The molecule has 5 heteroatoms. The Morgan fingerprint density at radius 2 is 1.42 bits per heavy atom. The van der Waals surface area contributed by atoms with Crippen LogP contribution >= 0.6 is 0 Å². The Kier molecular flexibility index (Phi) is 8.86. The van der Waals surface area contributed by atoms with Gasteiger partial charge in [-0.25, -0.2) is 0 Å². The Morgan fingerprint density at radius 1 is 0.818 bits per heavy atom. The van der Waals surface area contributed by atoms with Crippen LogP contribution in [0.4, 0.5) is 0 Å². The number of hydrogen-bond donors (Lipinski definition) is 1. The molecule has 0 fully saturated rings. The zero-order chi connectivity index (χ0) is 23.7. The van der Waals surface area contributed by atoms with Crippen LogP contribution in [0.2, 0.25) is 19.1 Å². The van der Waals surface area contributed by atoms with Crippen LogP contribution in [0.3, 0.4) is 0 Å². The van der Waals surface area contributed by atoms with Crippen LogP contribution < -0.4 is 4.74 Å². The first-order valence-corrected chi connectivity index (χ1v) is 14.7. The molecule has 0 amide bonds. The van der Waals surface area contributed by atoms with Crippen molar-refractivity contribution in [3.8, 4) is 5.75 Å². The fourth-order valence-corrected chi connectivity index (χ4v) is 7.22. The van der Waals surface area contributed by atoms with Gasteiger partial charge >= 0.3 is 0 Å². The zero-order valence-electron chi connectivity index (χ0n) is 20.2. The average molecular weight is 465 g/mol. The van der Waals surface area contributed by atoms with Crippen LogP contribution in [0.25, 0.3) is 0 Å². The molecule has 0 aromatic heterocycles. The predicted octanol–water partition coefficient (Wildman–Crippen LogP) is 6.30. The Bertz CT molecular complexity index is 975. The lowest BCUT2D eigenvalue weighted by molar-refractivity contribution is -0.0468. The van der Waals surface area contributed by atoms with E-state index in [4.69, 9.17) is 13.9 Å². The third-order valence-corrected chi connectivity index (χ3v) is 7.89. The SMILES string of the molecule is CC(C)O[Si](C)(C)CC(O)(COCc1ccccc1)c1cccc(OCc2ccccc2)c1. The van der Waals surface area contributed by atoms with Gasteiger partial charge < -0.3 is 19.0 Å². The molecule has 0 heterocycles. The molecule has 0 aliphatic carbocycles. The van der Waals surface area contributed by atoms with Gasteiger partial charge in [0.15, 0.2) is 8.32 Å². The summed E-state index contributed by atoms with van der Waals surface area (Å²) in [7, 11) is -2.17. The van der Waals surface area contributed by atoms with E-state index >= 15 is 0 Å². The van der Waals surface area contributed by atoms with Gasteiger partial charge in [-0.1, -0.05) is 72.8 Å². The zero-order valence-corrected chi connectivity index (χ0v) is 21.2. The van der Waals surface area contributed by atoms with E-state index in [1.165, 1.54) is 0 Å². The number of hydrogen-bond acceptors (Lipinski definition) is 4. The molecule has 0 saturated carbocycles. The highest BCUT2D eigenvalue weighted by Gasteiger charge is 2.39. The number of rotatable bonds is 12. The van der Waals surface area contributed by atoms with Crippen molar-refractivity contribution in [3.63, 3.8) is 0 Å². The highest BCUT2D eigenvalue weighted by Crippen LogP contribution is 2.34. The Morgan fingerprint density at radius 3 is 2.03 bits per heavy atom.